The summed E-state index contributed by atoms with van der Waals surface area (Å²) in [5.41, 5.74) is 4.02. The van der Waals surface area contributed by atoms with Crippen LogP contribution in [-0.4, -0.2) is 83.5 Å². The van der Waals surface area contributed by atoms with Crippen molar-refractivity contribution in [1.29, 1.82) is 0 Å². The van der Waals surface area contributed by atoms with Gasteiger partial charge in [-0.1, -0.05) is 37.1 Å². The summed E-state index contributed by atoms with van der Waals surface area (Å²) in [5, 5.41) is 23.8. The van der Waals surface area contributed by atoms with Crippen LogP contribution >= 0.6 is 22.7 Å². The van der Waals surface area contributed by atoms with Crippen LogP contribution < -0.4 is 5.32 Å². The lowest BCUT2D eigenvalue weighted by molar-refractivity contribution is -0.145. The monoisotopic (exact) mass is 726 g/mol. The van der Waals surface area contributed by atoms with Gasteiger partial charge in [-0.05, 0) is 80.6 Å². The standard InChI is InChI=1S/C37H38N6O6S2/c1-22-25(8-6-10-28(22)40-32(44)33-38-18-23(50-33)20-41-15-4-2-11-30(41)36(46)47)26-9-7-13-29-27(26)14-17-43(29)35(45)34-39-19-24(51-34)21-42-16-5-3-12-31(42)37(48)49/h6-10,13-14,17-19,30-31H,2-5,11-12,15-16,20-21H2,1H3,(H,40,44)(H,46,47)(H,48,49)/t30?,31-/m0/s1. The third-order valence-corrected chi connectivity index (χ3v) is 11.8. The molecule has 2 aromatic carbocycles. The molecule has 2 aliphatic rings. The number of nitrogens with zero attached hydrogens (tertiary/aromatic N) is 5. The Morgan fingerprint density at radius 1 is 0.784 bits per heavy atom. The van der Waals surface area contributed by atoms with E-state index in [1.807, 2.05) is 59.2 Å². The van der Waals surface area contributed by atoms with Gasteiger partial charge in [-0.2, -0.15) is 0 Å². The fourth-order valence-corrected chi connectivity index (χ4v) is 8.91. The molecule has 2 atom stereocenters. The SMILES string of the molecule is Cc1c(NC(=O)c2ncc(CN3CCCCC3C(=O)O)s2)cccc1-c1cccc2c1ccn2C(=O)c1ncc(CN2CCCC[C@H]2C(=O)O)s1. The van der Waals surface area contributed by atoms with Crippen molar-refractivity contribution < 1.29 is 29.4 Å². The number of carbonyl (C=O) groups excluding carboxylic acids is 2. The lowest BCUT2D eigenvalue weighted by atomic mass is 9.96. The van der Waals surface area contributed by atoms with E-state index in [-0.39, 0.29) is 11.8 Å². The summed E-state index contributed by atoms with van der Waals surface area (Å²) >= 11 is 2.56. The second-order valence-electron chi connectivity index (χ2n) is 13.1. The van der Waals surface area contributed by atoms with Crippen molar-refractivity contribution in [1.82, 2.24) is 24.3 Å². The molecule has 2 aliphatic heterocycles. The number of piperidine rings is 2. The Labute approximate surface area is 302 Å². The van der Waals surface area contributed by atoms with Crippen molar-refractivity contribution in [3.63, 3.8) is 0 Å². The first-order valence-corrected chi connectivity index (χ1v) is 18.7. The second-order valence-corrected chi connectivity index (χ2v) is 15.3. The lowest BCUT2D eigenvalue weighted by Crippen LogP contribution is -2.43. The molecule has 51 heavy (non-hydrogen) atoms. The second kappa shape index (κ2) is 14.8. The third-order valence-electron chi connectivity index (χ3n) is 9.82. The Morgan fingerprint density at radius 2 is 1.37 bits per heavy atom. The number of amides is 1. The van der Waals surface area contributed by atoms with Gasteiger partial charge in [-0.25, -0.2) is 9.97 Å². The molecule has 5 aromatic rings. The normalized spacial score (nSPS) is 18.5. The van der Waals surface area contributed by atoms with E-state index in [4.69, 9.17) is 0 Å². The fourth-order valence-electron chi connectivity index (χ4n) is 7.21. The van der Waals surface area contributed by atoms with Crippen LogP contribution in [-0.2, 0) is 22.7 Å². The van der Waals surface area contributed by atoms with Gasteiger partial charge in [0.2, 0.25) is 0 Å². The molecule has 5 heterocycles. The van der Waals surface area contributed by atoms with E-state index in [0.29, 0.717) is 54.7 Å². The number of hydrogen-bond acceptors (Lipinski definition) is 10. The first-order chi connectivity index (χ1) is 24.7. The fraction of sp³-hybridized carbons (Fsp3) is 0.351. The number of aliphatic carboxylic acids is 2. The van der Waals surface area contributed by atoms with Crippen LogP contribution in [0.15, 0.2) is 61.1 Å². The number of aromatic nitrogens is 3. The quantitative estimate of drug-likeness (QED) is 0.148. The zero-order valence-corrected chi connectivity index (χ0v) is 29.7. The Morgan fingerprint density at radius 3 is 2.02 bits per heavy atom. The minimum absolute atomic E-state index is 0.258. The smallest absolute Gasteiger partial charge is 0.320 e. The van der Waals surface area contributed by atoms with Gasteiger partial charge < -0.3 is 15.5 Å². The predicted molar refractivity (Wildman–Crippen MR) is 195 cm³/mol. The number of thiazole rings is 2. The van der Waals surface area contributed by atoms with Gasteiger partial charge in [0.1, 0.15) is 12.1 Å². The van der Waals surface area contributed by atoms with Gasteiger partial charge in [0.25, 0.3) is 11.8 Å². The highest BCUT2D eigenvalue weighted by molar-refractivity contribution is 7.14. The summed E-state index contributed by atoms with van der Waals surface area (Å²) in [6, 6.07) is 12.3. The number of hydrogen-bond donors (Lipinski definition) is 3. The molecule has 14 heteroatoms. The molecule has 2 fully saturated rings. The number of fused-ring (bicyclic) bond motifs is 1. The Bertz CT molecular complexity index is 2120. The molecule has 3 aromatic heterocycles. The molecule has 0 radical (unpaired) electrons. The molecule has 0 aliphatic carbocycles. The van der Waals surface area contributed by atoms with Gasteiger partial charge in [0, 0.05) is 52.5 Å². The minimum Gasteiger partial charge on any atom is -0.480 e. The maximum atomic E-state index is 13.7. The largest absolute Gasteiger partial charge is 0.480 e. The van der Waals surface area contributed by atoms with Crippen molar-refractivity contribution in [2.75, 3.05) is 18.4 Å². The third kappa shape index (κ3) is 7.22. The van der Waals surface area contributed by atoms with E-state index in [1.54, 1.807) is 23.2 Å². The van der Waals surface area contributed by atoms with Crippen molar-refractivity contribution in [3.8, 4) is 11.1 Å². The van der Waals surface area contributed by atoms with Crippen LogP contribution in [0.2, 0.25) is 0 Å². The van der Waals surface area contributed by atoms with Gasteiger partial charge in [-0.15, -0.1) is 22.7 Å². The molecule has 3 N–H and O–H groups in total. The molecule has 2 saturated heterocycles. The zero-order chi connectivity index (χ0) is 35.6. The summed E-state index contributed by atoms with van der Waals surface area (Å²) in [7, 11) is 0. The van der Waals surface area contributed by atoms with Crippen LogP contribution in [0.1, 0.15) is 73.4 Å². The van der Waals surface area contributed by atoms with Crippen LogP contribution in [0.5, 0.6) is 0 Å². The molecular weight excluding hydrogens is 689 g/mol. The number of likely N-dealkylation sites (tertiary alicyclic amines) is 2. The Kier molecular flexibility index (Phi) is 10.1. The van der Waals surface area contributed by atoms with Crippen molar-refractivity contribution >= 4 is 63.0 Å². The van der Waals surface area contributed by atoms with Crippen LogP contribution in [0.4, 0.5) is 5.69 Å². The number of carboxylic acid groups (broad SMARTS) is 2. The number of carboxylic acids is 2. The lowest BCUT2D eigenvalue weighted by Gasteiger charge is -2.32. The van der Waals surface area contributed by atoms with Gasteiger partial charge in [0.05, 0.1) is 5.52 Å². The van der Waals surface area contributed by atoms with E-state index >= 15 is 0 Å². The van der Waals surface area contributed by atoms with E-state index in [0.717, 1.165) is 63.0 Å². The topological polar surface area (TPSA) is 158 Å². The van der Waals surface area contributed by atoms with E-state index in [2.05, 4.69) is 15.3 Å². The molecule has 264 valence electrons. The molecule has 12 nitrogen and oxygen atoms in total. The number of rotatable bonds is 10. The first kappa shape index (κ1) is 34.7. The van der Waals surface area contributed by atoms with Crippen LogP contribution in [0, 0.1) is 6.92 Å². The van der Waals surface area contributed by atoms with E-state index in [9.17, 15) is 29.4 Å². The van der Waals surface area contributed by atoms with E-state index < -0.39 is 24.0 Å². The number of nitrogens with one attached hydrogen (secondary N) is 1. The van der Waals surface area contributed by atoms with Gasteiger partial charge in [0.15, 0.2) is 10.0 Å². The Balaban J connectivity index is 1.07. The molecule has 1 unspecified atom stereocenters. The zero-order valence-electron chi connectivity index (χ0n) is 28.1. The minimum atomic E-state index is -0.818. The number of anilines is 1. The number of carbonyl (C=O) groups is 4. The van der Waals surface area contributed by atoms with Crippen molar-refractivity contribution in [3.05, 3.63) is 86.4 Å². The average Bonchev–Trinajstić information content (AvgIpc) is 3.90. The first-order valence-electron chi connectivity index (χ1n) is 17.1. The van der Waals surface area contributed by atoms with Crippen molar-refractivity contribution in [2.45, 2.75) is 70.6 Å². The average molecular weight is 727 g/mol. The molecule has 0 spiro atoms. The summed E-state index contributed by atoms with van der Waals surface area (Å²) in [6.45, 7) is 4.23. The molecule has 0 saturated carbocycles. The molecule has 1 amide bonds. The molecule has 0 bridgehead atoms. The molecular formula is C37H38N6O6S2. The van der Waals surface area contributed by atoms with Gasteiger partial charge in [-0.3, -0.25) is 33.5 Å². The van der Waals surface area contributed by atoms with Crippen LogP contribution in [0.25, 0.3) is 22.0 Å². The van der Waals surface area contributed by atoms with Crippen molar-refractivity contribution in [2.24, 2.45) is 0 Å². The number of benzene rings is 2. The summed E-state index contributed by atoms with van der Waals surface area (Å²) in [5.74, 6) is -2.23. The summed E-state index contributed by atoms with van der Waals surface area (Å²) in [6.07, 6.45) is 9.99. The molecule has 7 rings (SSSR count). The predicted octanol–water partition coefficient (Wildman–Crippen LogP) is 6.35. The van der Waals surface area contributed by atoms with Crippen LogP contribution in [0.3, 0.4) is 0 Å². The highest BCUT2D eigenvalue weighted by Crippen LogP contribution is 2.35. The highest BCUT2D eigenvalue weighted by Gasteiger charge is 2.30. The van der Waals surface area contributed by atoms with Gasteiger partial charge >= 0.3 is 11.9 Å². The van der Waals surface area contributed by atoms with E-state index in [1.165, 1.54) is 22.7 Å². The maximum Gasteiger partial charge on any atom is 0.320 e. The Hall–Kier alpha value is -4.76. The summed E-state index contributed by atoms with van der Waals surface area (Å²) < 4.78 is 1.59. The maximum absolute atomic E-state index is 13.7. The summed E-state index contributed by atoms with van der Waals surface area (Å²) in [4.78, 5) is 64.9. The highest BCUT2D eigenvalue weighted by atomic mass is 32.1.